The molecule has 0 N–H and O–H groups in total. The second-order valence-electron chi connectivity index (χ2n) is 3.66. The smallest absolute Gasteiger partial charge is 0.142 e. The van der Waals surface area contributed by atoms with Crippen LogP contribution in [0.3, 0.4) is 0 Å². The van der Waals surface area contributed by atoms with Gasteiger partial charge in [-0.25, -0.2) is 9.97 Å². The van der Waals surface area contributed by atoms with Crippen LogP contribution in [0.4, 0.5) is 5.82 Å². The topological polar surface area (TPSA) is 42.7 Å². The van der Waals surface area contributed by atoms with Crippen molar-refractivity contribution in [2.45, 2.75) is 0 Å². The summed E-state index contributed by atoms with van der Waals surface area (Å²) in [6.07, 6.45) is 3.68. The van der Waals surface area contributed by atoms with Gasteiger partial charge in [0.2, 0.25) is 0 Å². The molecule has 1 aliphatic heterocycles. The first kappa shape index (κ1) is 10.3. The maximum Gasteiger partial charge on any atom is 0.142 e. The molecule has 0 aromatic carbocycles. The van der Waals surface area contributed by atoms with E-state index in [-0.39, 0.29) is 0 Å². The van der Waals surface area contributed by atoms with Crippen LogP contribution < -0.4 is 4.90 Å². The Morgan fingerprint density at radius 1 is 1.25 bits per heavy atom. The predicted molar refractivity (Wildman–Crippen MR) is 68.7 cm³/mol. The lowest BCUT2D eigenvalue weighted by molar-refractivity contribution is 0.122. The first-order valence-corrected chi connectivity index (χ1v) is 6.24. The highest BCUT2D eigenvalue weighted by molar-refractivity contribution is 14.1. The van der Waals surface area contributed by atoms with E-state index in [1.54, 1.807) is 0 Å². The van der Waals surface area contributed by atoms with Gasteiger partial charge in [-0.3, -0.25) is 4.40 Å². The van der Waals surface area contributed by atoms with Gasteiger partial charge in [0.05, 0.1) is 19.4 Å². The first-order valence-electron chi connectivity index (χ1n) is 5.16. The lowest BCUT2D eigenvalue weighted by atomic mass is 10.4. The van der Waals surface area contributed by atoms with Gasteiger partial charge in [0.25, 0.3) is 0 Å². The zero-order valence-electron chi connectivity index (χ0n) is 8.64. The van der Waals surface area contributed by atoms with Crippen molar-refractivity contribution in [1.82, 2.24) is 14.4 Å². The molecule has 84 valence electrons. The minimum atomic E-state index is 0.777. The second-order valence-corrected chi connectivity index (χ2v) is 4.76. The molecular weight excluding hydrogens is 319 g/mol. The lowest BCUT2D eigenvalue weighted by Crippen LogP contribution is -2.36. The fourth-order valence-corrected chi connectivity index (χ4v) is 2.32. The molecule has 0 aliphatic carbocycles. The fraction of sp³-hybridized carbons (Fsp3) is 0.400. The number of aromatic nitrogens is 3. The van der Waals surface area contributed by atoms with E-state index in [2.05, 4.69) is 37.5 Å². The predicted octanol–water partition coefficient (Wildman–Crippen LogP) is 1.17. The molecule has 1 saturated heterocycles. The largest absolute Gasteiger partial charge is 0.378 e. The summed E-state index contributed by atoms with van der Waals surface area (Å²) in [6.45, 7) is 3.36. The van der Waals surface area contributed by atoms with Gasteiger partial charge < -0.3 is 9.64 Å². The highest BCUT2D eigenvalue weighted by Crippen LogP contribution is 2.16. The molecule has 0 amide bonds. The van der Waals surface area contributed by atoms with Crippen molar-refractivity contribution < 1.29 is 4.74 Å². The molecule has 6 heteroatoms. The standard InChI is InChI=1S/C10H11IN4O/c11-8-6-12-10-5-9(13-7-15(8)10)14-1-3-16-4-2-14/h5-7H,1-4H2. The summed E-state index contributed by atoms with van der Waals surface area (Å²) in [5.74, 6) is 0.984. The molecule has 0 saturated carbocycles. The SMILES string of the molecule is Ic1cnc2cc(N3CCOCC3)ncn12. The van der Waals surface area contributed by atoms with Crippen molar-refractivity contribution in [2.75, 3.05) is 31.2 Å². The third-order valence-corrected chi connectivity index (χ3v) is 3.48. The van der Waals surface area contributed by atoms with Crippen LogP contribution in [0.25, 0.3) is 5.65 Å². The van der Waals surface area contributed by atoms with Gasteiger partial charge in [-0.15, -0.1) is 0 Å². The van der Waals surface area contributed by atoms with Crippen molar-refractivity contribution in [1.29, 1.82) is 0 Å². The van der Waals surface area contributed by atoms with Crippen LogP contribution in [-0.2, 0) is 4.74 Å². The van der Waals surface area contributed by atoms with Crippen LogP contribution in [0.1, 0.15) is 0 Å². The molecule has 0 atom stereocenters. The molecule has 2 aromatic rings. The third kappa shape index (κ3) is 1.75. The molecule has 3 rings (SSSR count). The van der Waals surface area contributed by atoms with Crippen LogP contribution in [0, 0.1) is 3.70 Å². The number of halogens is 1. The van der Waals surface area contributed by atoms with E-state index in [0.717, 1.165) is 41.5 Å². The summed E-state index contributed by atoms with van der Waals surface area (Å²) in [5, 5.41) is 0. The summed E-state index contributed by atoms with van der Waals surface area (Å²) in [5.41, 5.74) is 0.945. The second kappa shape index (κ2) is 4.17. The van der Waals surface area contributed by atoms with Crippen LogP contribution >= 0.6 is 22.6 Å². The molecule has 1 aliphatic rings. The summed E-state index contributed by atoms with van der Waals surface area (Å²) >= 11 is 2.25. The maximum absolute atomic E-state index is 5.32. The van der Waals surface area contributed by atoms with Crippen LogP contribution in [0.15, 0.2) is 18.6 Å². The minimum Gasteiger partial charge on any atom is -0.378 e. The minimum absolute atomic E-state index is 0.777. The summed E-state index contributed by atoms with van der Waals surface area (Å²) in [7, 11) is 0. The molecule has 5 nitrogen and oxygen atoms in total. The van der Waals surface area contributed by atoms with Crippen molar-refractivity contribution in [3.8, 4) is 0 Å². The zero-order valence-corrected chi connectivity index (χ0v) is 10.8. The summed E-state index contributed by atoms with van der Waals surface area (Å²) in [4.78, 5) is 11.0. The van der Waals surface area contributed by atoms with E-state index in [9.17, 15) is 0 Å². The van der Waals surface area contributed by atoms with Gasteiger partial charge in [0.1, 0.15) is 21.5 Å². The molecule has 3 heterocycles. The Morgan fingerprint density at radius 3 is 2.88 bits per heavy atom. The Morgan fingerprint density at radius 2 is 2.06 bits per heavy atom. The number of morpholine rings is 1. The Kier molecular flexibility index (Phi) is 2.68. The molecule has 0 radical (unpaired) electrons. The van der Waals surface area contributed by atoms with Gasteiger partial charge in [-0.05, 0) is 22.6 Å². The number of nitrogens with zero attached hydrogens (tertiary/aromatic N) is 4. The average Bonchev–Trinajstić information content (AvgIpc) is 2.72. The average molecular weight is 330 g/mol. The Balaban J connectivity index is 1.97. The highest BCUT2D eigenvalue weighted by atomic mass is 127. The lowest BCUT2D eigenvalue weighted by Gasteiger charge is -2.27. The first-order chi connectivity index (χ1) is 7.84. The fourth-order valence-electron chi connectivity index (χ4n) is 1.81. The monoisotopic (exact) mass is 330 g/mol. The van der Waals surface area contributed by atoms with E-state index in [1.807, 2.05) is 23.0 Å². The molecule has 0 bridgehead atoms. The van der Waals surface area contributed by atoms with Gasteiger partial charge in [0.15, 0.2) is 0 Å². The quantitative estimate of drug-likeness (QED) is 0.737. The maximum atomic E-state index is 5.32. The van der Waals surface area contributed by atoms with Crippen molar-refractivity contribution in [3.63, 3.8) is 0 Å². The molecule has 0 unspecified atom stereocenters. The molecule has 0 spiro atoms. The summed E-state index contributed by atoms with van der Waals surface area (Å²) in [6, 6.07) is 2.02. The molecule has 1 fully saturated rings. The normalized spacial score (nSPS) is 16.9. The van der Waals surface area contributed by atoms with E-state index >= 15 is 0 Å². The van der Waals surface area contributed by atoms with Gasteiger partial charge in [-0.2, -0.15) is 0 Å². The number of anilines is 1. The number of hydrogen-bond donors (Lipinski definition) is 0. The number of rotatable bonds is 1. The number of hydrogen-bond acceptors (Lipinski definition) is 4. The van der Waals surface area contributed by atoms with E-state index in [0.29, 0.717) is 0 Å². The van der Waals surface area contributed by atoms with Gasteiger partial charge >= 0.3 is 0 Å². The van der Waals surface area contributed by atoms with Crippen LogP contribution in [0.5, 0.6) is 0 Å². The number of imidazole rings is 1. The zero-order chi connectivity index (χ0) is 11.0. The van der Waals surface area contributed by atoms with E-state index < -0.39 is 0 Å². The van der Waals surface area contributed by atoms with Crippen LogP contribution in [0.2, 0.25) is 0 Å². The van der Waals surface area contributed by atoms with E-state index in [4.69, 9.17) is 4.74 Å². The van der Waals surface area contributed by atoms with E-state index in [1.165, 1.54) is 0 Å². The molecule has 2 aromatic heterocycles. The summed E-state index contributed by atoms with van der Waals surface area (Å²) < 4.78 is 8.38. The molecular formula is C10H11IN4O. The van der Waals surface area contributed by atoms with Gasteiger partial charge in [-0.1, -0.05) is 0 Å². The van der Waals surface area contributed by atoms with Crippen LogP contribution in [-0.4, -0.2) is 40.7 Å². The Bertz CT molecular complexity index is 506. The van der Waals surface area contributed by atoms with Crippen molar-refractivity contribution >= 4 is 34.1 Å². The highest BCUT2D eigenvalue weighted by Gasteiger charge is 2.13. The van der Waals surface area contributed by atoms with Gasteiger partial charge in [0, 0.05) is 19.2 Å². The van der Waals surface area contributed by atoms with Crippen molar-refractivity contribution in [3.05, 3.63) is 22.3 Å². The Labute approximate surface area is 107 Å². The number of fused-ring (bicyclic) bond motifs is 1. The van der Waals surface area contributed by atoms with Crippen molar-refractivity contribution in [2.24, 2.45) is 0 Å². The third-order valence-electron chi connectivity index (χ3n) is 2.68. The Hall–Kier alpha value is -0.890. The molecule has 16 heavy (non-hydrogen) atoms. The number of ether oxygens (including phenoxy) is 1.